The van der Waals surface area contributed by atoms with Gasteiger partial charge >= 0.3 is 0 Å². The average molecular weight is 369 g/mol. The molecule has 4 aromatic rings. The fraction of sp³-hybridized carbons (Fsp3) is 0.0870. The number of benzene rings is 3. The molecule has 0 saturated heterocycles. The number of anilines is 1. The van der Waals surface area contributed by atoms with Gasteiger partial charge in [0.25, 0.3) is 5.56 Å². The Bertz CT molecular complexity index is 1190. The molecule has 3 aromatic carbocycles. The molecule has 1 N–H and O–H groups in total. The number of aromatic nitrogens is 2. The van der Waals surface area contributed by atoms with Gasteiger partial charge < -0.3 is 5.32 Å². The molecular formula is C23H19N3O2. The normalized spacial score (nSPS) is 11.9. The Morgan fingerprint density at radius 2 is 1.61 bits per heavy atom. The first-order valence-electron chi connectivity index (χ1n) is 9.07. The van der Waals surface area contributed by atoms with Crippen molar-refractivity contribution >= 4 is 22.4 Å². The summed E-state index contributed by atoms with van der Waals surface area (Å²) in [5.74, 6) is -0.295. The predicted octanol–water partition coefficient (Wildman–Crippen LogP) is 4.26. The SMILES string of the molecule is CC(C(=O)Nc1cccc2ccccc12)n1nc(-c2ccccc2)ccc1=O. The molecule has 0 radical (unpaired) electrons. The quantitative estimate of drug-likeness (QED) is 0.584. The largest absolute Gasteiger partial charge is 0.324 e. The van der Waals surface area contributed by atoms with Crippen LogP contribution in [-0.2, 0) is 4.79 Å². The topological polar surface area (TPSA) is 64.0 Å². The van der Waals surface area contributed by atoms with Crippen LogP contribution in [0.5, 0.6) is 0 Å². The van der Waals surface area contributed by atoms with Gasteiger partial charge in [0.05, 0.1) is 5.69 Å². The van der Waals surface area contributed by atoms with E-state index in [4.69, 9.17) is 0 Å². The van der Waals surface area contributed by atoms with E-state index >= 15 is 0 Å². The van der Waals surface area contributed by atoms with Crippen molar-refractivity contribution in [2.24, 2.45) is 0 Å². The van der Waals surface area contributed by atoms with Crippen LogP contribution in [0.15, 0.2) is 89.7 Å². The molecule has 1 amide bonds. The maximum absolute atomic E-state index is 12.8. The highest BCUT2D eigenvalue weighted by Gasteiger charge is 2.19. The molecule has 138 valence electrons. The van der Waals surface area contributed by atoms with Crippen molar-refractivity contribution in [2.75, 3.05) is 5.32 Å². The second-order valence-electron chi connectivity index (χ2n) is 6.56. The number of carbonyl (C=O) groups is 1. The predicted molar refractivity (Wildman–Crippen MR) is 111 cm³/mol. The number of amides is 1. The monoisotopic (exact) mass is 369 g/mol. The fourth-order valence-corrected chi connectivity index (χ4v) is 3.15. The van der Waals surface area contributed by atoms with Crippen molar-refractivity contribution in [3.8, 4) is 11.3 Å². The summed E-state index contributed by atoms with van der Waals surface area (Å²) in [6.07, 6.45) is 0. The first kappa shape index (κ1) is 17.7. The van der Waals surface area contributed by atoms with Crippen LogP contribution in [-0.4, -0.2) is 15.7 Å². The lowest BCUT2D eigenvalue weighted by molar-refractivity contribution is -0.119. The minimum Gasteiger partial charge on any atom is -0.324 e. The molecule has 1 heterocycles. The van der Waals surface area contributed by atoms with E-state index in [0.29, 0.717) is 11.4 Å². The highest BCUT2D eigenvalue weighted by molar-refractivity contribution is 6.03. The molecule has 5 heteroatoms. The number of hydrogen-bond acceptors (Lipinski definition) is 3. The molecule has 0 aliphatic rings. The van der Waals surface area contributed by atoms with E-state index in [-0.39, 0.29) is 11.5 Å². The summed E-state index contributed by atoms with van der Waals surface area (Å²) in [7, 11) is 0. The molecule has 0 saturated carbocycles. The number of carbonyl (C=O) groups excluding carboxylic acids is 1. The Hall–Kier alpha value is -3.73. The van der Waals surface area contributed by atoms with Crippen molar-refractivity contribution in [3.05, 3.63) is 95.3 Å². The van der Waals surface area contributed by atoms with Crippen molar-refractivity contribution in [1.29, 1.82) is 0 Å². The first-order valence-corrected chi connectivity index (χ1v) is 9.07. The van der Waals surface area contributed by atoms with Crippen LogP contribution < -0.4 is 10.9 Å². The van der Waals surface area contributed by atoms with Gasteiger partial charge in [0.2, 0.25) is 5.91 Å². The van der Waals surface area contributed by atoms with Crippen molar-refractivity contribution in [3.63, 3.8) is 0 Å². The van der Waals surface area contributed by atoms with Gasteiger partial charge in [-0.2, -0.15) is 5.10 Å². The Morgan fingerprint density at radius 1 is 0.893 bits per heavy atom. The van der Waals surface area contributed by atoms with E-state index in [0.717, 1.165) is 16.3 Å². The highest BCUT2D eigenvalue weighted by atomic mass is 16.2. The third-order valence-corrected chi connectivity index (χ3v) is 4.69. The zero-order valence-electron chi connectivity index (χ0n) is 15.4. The van der Waals surface area contributed by atoms with Gasteiger partial charge in [0, 0.05) is 22.7 Å². The van der Waals surface area contributed by atoms with Crippen LogP contribution in [0.1, 0.15) is 13.0 Å². The smallest absolute Gasteiger partial charge is 0.267 e. The van der Waals surface area contributed by atoms with Crippen molar-refractivity contribution in [2.45, 2.75) is 13.0 Å². The van der Waals surface area contributed by atoms with Gasteiger partial charge in [-0.3, -0.25) is 9.59 Å². The zero-order chi connectivity index (χ0) is 19.5. The third kappa shape index (κ3) is 3.42. The fourth-order valence-electron chi connectivity index (χ4n) is 3.15. The maximum atomic E-state index is 12.8. The summed E-state index contributed by atoms with van der Waals surface area (Å²) >= 11 is 0. The van der Waals surface area contributed by atoms with E-state index in [1.165, 1.54) is 10.7 Å². The van der Waals surface area contributed by atoms with E-state index in [9.17, 15) is 9.59 Å². The second-order valence-corrected chi connectivity index (χ2v) is 6.56. The van der Waals surface area contributed by atoms with E-state index < -0.39 is 6.04 Å². The molecule has 28 heavy (non-hydrogen) atoms. The number of fused-ring (bicyclic) bond motifs is 1. The Morgan fingerprint density at radius 3 is 2.43 bits per heavy atom. The van der Waals surface area contributed by atoms with Gasteiger partial charge in [0.1, 0.15) is 6.04 Å². The molecule has 0 spiro atoms. The van der Waals surface area contributed by atoms with Crippen LogP contribution in [0.4, 0.5) is 5.69 Å². The minimum absolute atomic E-state index is 0.295. The number of nitrogens with zero attached hydrogens (tertiary/aromatic N) is 2. The van der Waals surface area contributed by atoms with Gasteiger partial charge in [-0.1, -0.05) is 66.7 Å². The van der Waals surface area contributed by atoms with Gasteiger partial charge in [-0.05, 0) is 24.4 Å². The zero-order valence-corrected chi connectivity index (χ0v) is 15.4. The molecule has 1 atom stereocenters. The molecule has 0 aliphatic carbocycles. The molecule has 4 rings (SSSR count). The maximum Gasteiger partial charge on any atom is 0.267 e. The van der Waals surface area contributed by atoms with Crippen molar-refractivity contribution in [1.82, 2.24) is 9.78 Å². The van der Waals surface area contributed by atoms with E-state index in [1.54, 1.807) is 13.0 Å². The number of rotatable bonds is 4. The molecule has 0 fully saturated rings. The van der Waals surface area contributed by atoms with E-state index in [2.05, 4.69) is 10.4 Å². The second kappa shape index (κ2) is 7.48. The molecule has 5 nitrogen and oxygen atoms in total. The van der Waals surface area contributed by atoms with Crippen LogP contribution in [0.3, 0.4) is 0 Å². The Labute approximate surface area is 162 Å². The summed E-state index contributed by atoms with van der Waals surface area (Å²) in [6.45, 7) is 1.67. The van der Waals surface area contributed by atoms with Gasteiger partial charge in [-0.25, -0.2) is 4.68 Å². The van der Waals surface area contributed by atoms with Crippen LogP contribution >= 0.6 is 0 Å². The van der Waals surface area contributed by atoms with E-state index in [1.807, 2.05) is 72.8 Å². The minimum atomic E-state index is -0.755. The lowest BCUT2D eigenvalue weighted by atomic mass is 10.1. The summed E-state index contributed by atoms with van der Waals surface area (Å²) in [6, 6.07) is 25.5. The molecule has 0 bridgehead atoms. The molecule has 1 unspecified atom stereocenters. The lowest BCUT2D eigenvalue weighted by Gasteiger charge is -2.16. The first-order chi connectivity index (χ1) is 13.6. The van der Waals surface area contributed by atoms with Crippen LogP contribution in [0, 0.1) is 0 Å². The Kier molecular flexibility index (Phi) is 4.72. The molecule has 1 aromatic heterocycles. The summed E-state index contributed by atoms with van der Waals surface area (Å²) in [5, 5.41) is 9.33. The standard InChI is InChI=1S/C23H19N3O2/c1-16(23(28)24-21-13-7-11-17-8-5-6-12-19(17)21)26-22(27)15-14-20(25-26)18-9-3-2-4-10-18/h2-16H,1H3,(H,24,28). The lowest BCUT2D eigenvalue weighted by Crippen LogP contribution is -2.33. The Balaban J connectivity index is 1.65. The summed E-state index contributed by atoms with van der Waals surface area (Å²) in [4.78, 5) is 25.2. The van der Waals surface area contributed by atoms with Gasteiger partial charge in [0.15, 0.2) is 0 Å². The highest BCUT2D eigenvalue weighted by Crippen LogP contribution is 2.24. The van der Waals surface area contributed by atoms with Crippen molar-refractivity contribution < 1.29 is 4.79 Å². The van der Waals surface area contributed by atoms with Gasteiger partial charge in [-0.15, -0.1) is 0 Å². The third-order valence-electron chi connectivity index (χ3n) is 4.69. The molecular weight excluding hydrogens is 350 g/mol. The van der Waals surface area contributed by atoms with Crippen LogP contribution in [0.25, 0.3) is 22.0 Å². The number of nitrogens with one attached hydrogen (secondary N) is 1. The average Bonchev–Trinajstić information content (AvgIpc) is 2.74. The summed E-state index contributed by atoms with van der Waals surface area (Å²) in [5.41, 5.74) is 1.92. The number of hydrogen-bond donors (Lipinski definition) is 1. The molecule has 0 aliphatic heterocycles. The van der Waals surface area contributed by atoms with Crippen LogP contribution in [0.2, 0.25) is 0 Å². The summed E-state index contributed by atoms with van der Waals surface area (Å²) < 4.78 is 1.22.